The molecule has 0 fully saturated rings. The van der Waals surface area contributed by atoms with Crippen molar-refractivity contribution in [1.82, 2.24) is 0 Å². The smallest absolute Gasteiger partial charge is 0.160 e. The highest BCUT2D eigenvalue weighted by atomic mass is 16.1. The van der Waals surface area contributed by atoms with Crippen LogP contribution in [-0.2, 0) is 9.59 Å². The van der Waals surface area contributed by atoms with Crippen molar-refractivity contribution in [3.8, 4) is 0 Å². The molecule has 102 valence electrons. The van der Waals surface area contributed by atoms with Crippen LogP contribution in [0.25, 0.3) is 0 Å². The van der Waals surface area contributed by atoms with Crippen molar-refractivity contribution < 1.29 is 19.2 Å². The van der Waals surface area contributed by atoms with Crippen LogP contribution in [0.3, 0.4) is 0 Å². The molecule has 0 bridgehead atoms. The Kier molecular flexibility index (Phi) is 7.19. The highest BCUT2D eigenvalue weighted by molar-refractivity contribution is 6.07. The third kappa shape index (κ3) is 7.03. The van der Waals surface area contributed by atoms with E-state index in [0.717, 1.165) is 0 Å². The Balaban J connectivity index is 0.000000399. The highest BCUT2D eigenvalue weighted by Crippen LogP contribution is 2.09. The van der Waals surface area contributed by atoms with E-state index in [1.165, 1.54) is 27.7 Å². The number of benzene rings is 1. The van der Waals surface area contributed by atoms with Gasteiger partial charge in [0.05, 0.1) is 6.42 Å². The van der Waals surface area contributed by atoms with E-state index in [1.54, 1.807) is 24.3 Å². The lowest BCUT2D eigenvalue weighted by Gasteiger charge is -2.00. The first-order chi connectivity index (χ1) is 8.75. The van der Waals surface area contributed by atoms with Gasteiger partial charge in [0, 0.05) is 11.1 Å². The predicted molar refractivity (Wildman–Crippen MR) is 72.4 cm³/mol. The first kappa shape index (κ1) is 16.9. The maximum Gasteiger partial charge on any atom is 0.160 e. The number of Topliss-reactive ketones (excluding diaryl/α,β-unsaturated/α-hetero) is 4. The van der Waals surface area contributed by atoms with Crippen LogP contribution in [0.5, 0.6) is 0 Å². The summed E-state index contributed by atoms with van der Waals surface area (Å²) in [4.78, 5) is 42.1. The molecule has 1 aromatic carbocycles. The van der Waals surface area contributed by atoms with E-state index in [2.05, 4.69) is 0 Å². The van der Waals surface area contributed by atoms with Crippen LogP contribution >= 0.6 is 0 Å². The Morgan fingerprint density at radius 1 is 0.737 bits per heavy atom. The Hall–Kier alpha value is -2.10. The fourth-order valence-electron chi connectivity index (χ4n) is 1.45. The van der Waals surface area contributed by atoms with Gasteiger partial charge in [-0.15, -0.1) is 0 Å². The fraction of sp³-hybridized carbons (Fsp3) is 0.333. The minimum absolute atomic E-state index is 0.0625. The summed E-state index contributed by atoms with van der Waals surface area (Å²) in [7, 11) is 0. The van der Waals surface area contributed by atoms with Crippen LogP contribution < -0.4 is 0 Å². The summed E-state index contributed by atoms with van der Waals surface area (Å²) in [6.07, 6.45) is 0.0833. The van der Waals surface area contributed by atoms with Gasteiger partial charge in [0.2, 0.25) is 0 Å². The van der Waals surface area contributed by atoms with E-state index in [9.17, 15) is 19.2 Å². The quantitative estimate of drug-likeness (QED) is 0.618. The number of hydrogen-bond donors (Lipinski definition) is 0. The number of ketones is 4. The Bertz CT molecular complexity index is 456. The zero-order valence-electron chi connectivity index (χ0n) is 11.6. The van der Waals surface area contributed by atoms with Crippen molar-refractivity contribution in [2.75, 3.05) is 0 Å². The first-order valence-electron chi connectivity index (χ1n) is 5.85. The second-order valence-corrected chi connectivity index (χ2v) is 4.24. The maximum atomic E-state index is 11.0. The molecule has 19 heavy (non-hydrogen) atoms. The van der Waals surface area contributed by atoms with Crippen LogP contribution in [0.2, 0.25) is 0 Å². The van der Waals surface area contributed by atoms with Crippen LogP contribution in [0.15, 0.2) is 24.3 Å². The third-order valence-electron chi connectivity index (χ3n) is 2.18. The molecule has 0 saturated carbocycles. The molecule has 0 atom stereocenters. The van der Waals surface area contributed by atoms with E-state index in [0.29, 0.717) is 11.1 Å². The molecule has 1 aromatic rings. The van der Waals surface area contributed by atoms with Gasteiger partial charge in [-0.25, -0.2) is 0 Å². The SMILES string of the molecule is CC(=O)CC(C)=O.CC(=O)c1ccccc1C(C)=O. The molecule has 1 rings (SSSR count). The zero-order valence-corrected chi connectivity index (χ0v) is 11.6. The number of carbonyl (C=O) groups is 4. The van der Waals surface area contributed by atoms with E-state index in [4.69, 9.17) is 0 Å². The van der Waals surface area contributed by atoms with Crippen LogP contribution in [0, 0.1) is 0 Å². The molecule has 0 aliphatic carbocycles. The molecule has 0 N–H and O–H groups in total. The van der Waals surface area contributed by atoms with Gasteiger partial charge in [0.15, 0.2) is 11.6 Å². The second-order valence-electron chi connectivity index (χ2n) is 4.24. The molecular formula is C15H18O4. The van der Waals surface area contributed by atoms with Gasteiger partial charge in [-0.1, -0.05) is 24.3 Å². The van der Waals surface area contributed by atoms with Crippen LogP contribution in [-0.4, -0.2) is 23.1 Å². The van der Waals surface area contributed by atoms with Crippen LogP contribution in [0.4, 0.5) is 0 Å². The summed E-state index contributed by atoms with van der Waals surface area (Å²) in [5, 5.41) is 0. The molecule has 4 heteroatoms. The Morgan fingerprint density at radius 3 is 1.21 bits per heavy atom. The lowest BCUT2D eigenvalue weighted by molar-refractivity contribution is -0.124. The summed E-state index contributed by atoms with van der Waals surface area (Å²) in [6, 6.07) is 6.84. The fourth-order valence-corrected chi connectivity index (χ4v) is 1.45. The van der Waals surface area contributed by atoms with Gasteiger partial charge in [0.1, 0.15) is 11.6 Å². The van der Waals surface area contributed by atoms with E-state index in [1.807, 2.05) is 0 Å². The molecule has 0 amide bonds. The van der Waals surface area contributed by atoms with Crippen molar-refractivity contribution >= 4 is 23.1 Å². The molecule has 0 aliphatic heterocycles. The predicted octanol–water partition coefficient (Wildman–Crippen LogP) is 2.65. The average Bonchev–Trinajstić information content (AvgIpc) is 2.27. The molecular weight excluding hydrogens is 244 g/mol. The first-order valence-corrected chi connectivity index (χ1v) is 5.85. The van der Waals surface area contributed by atoms with Crippen molar-refractivity contribution in [3.05, 3.63) is 35.4 Å². The molecule has 4 nitrogen and oxygen atoms in total. The van der Waals surface area contributed by atoms with Gasteiger partial charge in [-0.2, -0.15) is 0 Å². The largest absolute Gasteiger partial charge is 0.300 e. The monoisotopic (exact) mass is 262 g/mol. The molecule has 0 heterocycles. The minimum Gasteiger partial charge on any atom is -0.300 e. The van der Waals surface area contributed by atoms with Crippen LogP contribution in [0.1, 0.15) is 54.8 Å². The van der Waals surface area contributed by atoms with Gasteiger partial charge in [-0.05, 0) is 27.7 Å². The number of carbonyl (C=O) groups excluding carboxylic acids is 4. The number of rotatable bonds is 4. The maximum absolute atomic E-state index is 11.0. The van der Waals surface area contributed by atoms with Gasteiger partial charge in [0.25, 0.3) is 0 Å². The molecule has 0 aromatic heterocycles. The normalized spacial score (nSPS) is 9.05. The average molecular weight is 262 g/mol. The van der Waals surface area contributed by atoms with Crippen molar-refractivity contribution in [1.29, 1.82) is 0 Å². The zero-order chi connectivity index (χ0) is 15.0. The van der Waals surface area contributed by atoms with E-state index in [-0.39, 0.29) is 29.6 Å². The van der Waals surface area contributed by atoms with E-state index >= 15 is 0 Å². The summed E-state index contributed by atoms with van der Waals surface area (Å²) in [5.74, 6) is -0.262. The van der Waals surface area contributed by atoms with E-state index < -0.39 is 0 Å². The topological polar surface area (TPSA) is 68.3 Å². The summed E-state index contributed by atoms with van der Waals surface area (Å²) in [6.45, 7) is 5.73. The minimum atomic E-state index is -0.0687. The Labute approximate surface area is 112 Å². The van der Waals surface area contributed by atoms with Crippen molar-refractivity contribution in [2.24, 2.45) is 0 Å². The molecule has 0 saturated heterocycles. The van der Waals surface area contributed by atoms with Gasteiger partial charge >= 0.3 is 0 Å². The van der Waals surface area contributed by atoms with Crippen molar-refractivity contribution in [2.45, 2.75) is 34.1 Å². The number of hydrogen-bond acceptors (Lipinski definition) is 4. The lowest BCUT2D eigenvalue weighted by atomic mass is 10.0. The molecule has 0 unspecified atom stereocenters. The summed E-state index contributed by atoms with van der Waals surface area (Å²) < 4.78 is 0. The Morgan fingerprint density at radius 2 is 1.05 bits per heavy atom. The lowest BCUT2D eigenvalue weighted by Crippen LogP contribution is -2.02. The van der Waals surface area contributed by atoms with Gasteiger partial charge < -0.3 is 0 Å². The standard InChI is InChI=1S/C10H10O2.C5H8O2/c1-7(11)9-5-3-4-6-10(9)8(2)12;1-4(6)3-5(2)7/h3-6H,1-2H3;3H2,1-2H3. The molecule has 0 spiro atoms. The van der Waals surface area contributed by atoms with Crippen molar-refractivity contribution in [3.63, 3.8) is 0 Å². The van der Waals surface area contributed by atoms with Gasteiger partial charge in [-0.3, -0.25) is 19.2 Å². The highest BCUT2D eigenvalue weighted by Gasteiger charge is 2.08. The summed E-state index contributed by atoms with van der Waals surface area (Å²) in [5.41, 5.74) is 1.01. The molecule has 0 radical (unpaired) electrons. The summed E-state index contributed by atoms with van der Waals surface area (Å²) >= 11 is 0. The second kappa shape index (κ2) is 8.08. The third-order valence-corrected chi connectivity index (χ3v) is 2.18. The molecule has 0 aliphatic rings.